The molecule has 0 radical (unpaired) electrons. The molecule has 0 bridgehead atoms. The van der Waals surface area contributed by atoms with Crippen LogP contribution in [0, 0.1) is 0 Å². The minimum absolute atomic E-state index is 0.0710. The molecule has 0 spiro atoms. The maximum Gasteiger partial charge on any atom is 0.338 e. The summed E-state index contributed by atoms with van der Waals surface area (Å²) in [5, 5.41) is 10.3. The maximum atomic E-state index is 13.0. The maximum absolute atomic E-state index is 13.0. The van der Waals surface area contributed by atoms with Crippen LogP contribution in [0.1, 0.15) is 106 Å². The van der Waals surface area contributed by atoms with Crippen molar-refractivity contribution in [1.82, 2.24) is 0 Å². The van der Waals surface area contributed by atoms with Gasteiger partial charge in [0, 0.05) is 5.92 Å². The van der Waals surface area contributed by atoms with Gasteiger partial charge in [0.05, 0.1) is 18.3 Å². The van der Waals surface area contributed by atoms with Gasteiger partial charge in [-0.3, -0.25) is 4.79 Å². The highest BCUT2D eigenvalue weighted by molar-refractivity contribution is 5.97. The molecule has 0 aliphatic heterocycles. The van der Waals surface area contributed by atoms with E-state index < -0.39 is 17.4 Å². The Labute approximate surface area is 233 Å². The fraction of sp³-hybridized carbons (Fsp3) is 0.471. The second-order valence-corrected chi connectivity index (χ2v) is 10.5. The molecule has 1 aliphatic rings. The van der Waals surface area contributed by atoms with Gasteiger partial charge in [-0.25, -0.2) is 4.79 Å². The van der Waals surface area contributed by atoms with E-state index in [0.717, 1.165) is 43.6 Å². The normalized spacial score (nSPS) is 19.0. The van der Waals surface area contributed by atoms with Gasteiger partial charge in [-0.2, -0.15) is 0 Å². The number of carboxylic acid groups (broad SMARTS) is 1. The number of esters is 1. The lowest BCUT2D eigenvalue weighted by molar-refractivity contribution is -0.140. The van der Waals surface area contributed by atoms with E-state index in [0.29, 0.717) is 5.56 Å². The number of hydrogen-bond acceptors (Lipinski definition) is 4. The first-order valence-electron chi connectivity index (χ1n) is 14.6. The van der Waals surface area contributed by atoms with Gasteiger partial charge in [0.15, 0.2) is 0 Å². The van der Waals surface area contributed by atoms with Crippen molar-refractivity contribution in [1.29, 1.82) is 0 Å². The van der Waals surface area contributed by atoms with Crippen LogP contribution in [0.15, 0.2) is 72.8 Å². The molecule has 210 valence electrons. The van der Waals surface area contributed by atoms with Crippen molar-refractivity contribution >= 4 is 11.9 Å². The van der Waals surface area contributed by atoms with Crippen molar-refractivity contribution in [2.75, 3.05) is 6.61 Å². The Morgan fingerprint density at radius 1 is 0.872 bits per heavy atom. The molecule has 0 saturated carbocycles. The summed E-state index contributed by atoms with van der Waals surface area (Å²) in [5.74, 6) is -0.753. The molecule has 0 heterocycles. The predicted octanol–water partition coefficient (Wildman–Crippen LogP) is 8.39. The molecule has 5 heteroatoms. The zero-order valence-corrected chi connectivity index (χ0v) is 23.7. The van der Waals surface area contributed by atoms with Gasteiger partial charge in [0.1, 0.15) is 11.2 Å². The van der Waals surface area contributed by atoms with Crippen molar-refractivity contribution in [3.8, 4) is 5.75 Å². The average Bonchev–Trinajstić information content (AvgIpc) is 2.96. The van der Waals surface area contributed by atoms with E-state index in [2.05, 4.69) is 13.8 Å². The monoisotopic (exact) mass is 532 g/mol. The van der Waals surface area contributed by atoms with E-state index in [1.165, 1.54) is 32.1 Å². The lowest BCUT2D eigenvalue weighted by Crippen LogP contribution is -2.35. The van der Waals surface area contributed by atoms with Crippen molar-refractivity contribution < 1.29 is 24.2 Å². The molecule has 1 atom stereocenters. The summed E-state index contributed by atoms with van der Waals surface area (Å²) in [7, 11) is 0. The van der Waals surface area contributed by atoms with Crippen LogP contribution >= 0.6 is 0 Å². The third-order valence-electron chi connectivity index (χ3n) is 7.38. The Morgan fingerprint density at radius 2 is 1.51 bits per heavy atom. The number of unbranched alkanes of at least 4 members (excludes halogenated alkanes) is 6. The summed E-state index contributed by atoms with van der Waals surface area (Å²) in [6.45, 7) is 6.91. The second-order valence-electron chi connectivity index (χ2n) is 10.5. The lowest BCUT2D eigenvalue weighted by atomic mass is 9.73. The molecule has 1 N–H and O–H groups in total. The van der Waals surface area contributed by atoms with Gasteiger partial charge in [0.2, 0.25) is 0 Å². The molecule has 1 aliphatic carbocycles. The number of aliphatic carboxylic acids is 1. The number of rotatable bonds is 16. The van der Waals surface area contributed by atoms with Crippen molar-refractivity contribution in [2.45, 2.75) is 96.0 Å². The van der Waals surface area contributed by atoms with E-state index >= 15 is 0 Å². The van der Waals surface area contributed by atoms with Crippen LogP contribution in [-0.4, -0.2) is 29.8 Å². The van der Waals surface area contributed by atoms with Crippen LogP contribution < -0.4 is 4.74 Å². The predicted molar refractivity (Wildman–Crippen MR) is 156 cm³/mol. The Balaban J connectivity index is 1.68. The summed E-state index contributed by atoms with van der Waals surface area (Å²) in [5.41, 5.74) is 0.294. The summed E-state index contributed by atoms with van der Waals surface area (Å²) in [6.07, 6.45) is 17.1. The average molecular weight is 533 g/mol. The summed E-state index contributed by atoms with van der Waals surface area (Å²) < 4.78 is 11.6. The molecule has 0 saturated heterocycles. The van der Waals surface area contributed by atoms with Crippen molar-refractivity contribution in [2.24, 2.45) is 0 Å². The Bertz CT molecular complexity index is 1100. The van der Waals surface area contributed by atoms with E-state index in [-0.39, 0.29) is 17.6 Å². The number of allylic oxidation sites excluding steroid dienone is 2. The molecule has 5 nitrogen and oxygen atoms in total. The summed E-state index contributed by atoms with van der Waals surface area (Å²) in [4.78, 5) is 25.7. The first kappa shape index (κ1) is 30.2. The third kappa shape index (κ3) is 8.32. The van der Waals surface area contributed by atoms with Crippen LogP contribution in [0.5, 0.6) is 5.75 Å². The Morgan fingerprint density at radius 3 is 2.18 bits per heavy atom. The topological polar surface area (TPSA) is 72.8 Å². The number of carbonyl (C=O) groups excluding carboxylic acids is 1. The number of carbonyl (C=O) groups is 2. The van der Waals surface area contributed by atoms with Crippen molar-refractivity contribution in [3.63, 3.8) is 0 Å². The van der Waals surface area contributed by atoms with E-state index in [1.807, 2.05) is 43.3 Å². The standard InChI is InChI=1S/C34H44O5/c1-4-6-8-9-10-13-25-38-29-19-17-27(18-20-29)28-21-23-34(24-22-28,33(36)37)31-16-12-11-15-30(31)32(35)39-26(3)14-7-5-2/h11-12,15-24,26,28H,4-10,13-14,25H2,1-3H3,(H,36,37). The third-order valence-corrected chi connectivity index (χ3v) is 7.38. The zero-order chi connectivity index (χ0) is 28.1. The van der Waals surface area contributed by atoms with Crippen LogP contribution in [0.4, 0.5) is 0 Å². The van der Waals surface area contributed by atoms with E-state index in [1.54, 1.807) is 36.4 Å². The molecule has 1 unspecified atom stereocenters. The van der Waals surface area contributed by atoms with Crippen LogP contribution in [0.25, 0.3) is 0 Å². The number of hydrogen-bond donors (Lipinski definition) is 1. The SMILES string of the molecule is CCCCCCCCOc1ccc(C2C=CC(C(=O)O)(c3ccccc3C(=O)OC(C)CCCC)C=C2)cc1. The Kier molecular flexibility index (Phi) is 11.9. The highest BCUT2D eigenvalue weighted by Crippen LogP contribution is 2.37. The van der Waals surface area contributed by atoms with Gasteiger partial charge in [-0.15, -0.1) is 0 Å². The largest absolute Gasteiger partial charge is 0.494 e. The van der Waals surface area contributed by atoms with Crippen LogP contribution in [-0.2, 0) is 14.9 Å². The quantitative estimate of drug-likeness (QED) is 0.133. The van der Waals surface area contributed by atoms with E-state index in [9.17, 15) is 14.7 Å². The van der Waals surface area contributed by atoms with Gasteiger partial charge < -0.3 is 14.6 Å². The minimum Gasteiger partial charge on any atom is -0.494 e. The van der Waals surface area contributed by atoms with Crippen LogP contribution in [0.2, 0.25) is 0 Å². The highest BCUT2D eigenvalue weighted by Gasteiger charge is 2.40. The lowest BCUT2D eigenvalue weighted by Gasteiger charge is -2.29. The number of benzene rings is 2. The molecule has 0 aromatic heterocycles. The zero-order valence-electron chi connectivity index (χ0n) is 23.7. The van der Waals surface area contributed by atoms with Gasteiger partial charge in [0.25, 0.3) is 0 Å². The summed E-state index contributed by atoms with van der Waals surface area (Å²) >= 11 is 0. The smallest absolute Gasteiger partial charge is 0.338 e. The Hall–Kier alpha value is -3.34. The highest BCUT2D eigenvalue weighted by atomic mass is 16.5. The van der Waals surface area contributed by atoms with Gasteiger partial charge in [-0.05, 0) is 49.1 Å². The van der Waals surface area contributed by atoms with Crippen LogP contribution in [0.3, 0.4) is 0 Å². The fourth-order valence-electron chi connectivity index (χ4n) is 4.97. The molecule has 0 fully saturated rings. The molecule has 39 heavy (non-hydrogen) atoms. The summed E-state index contributed by atoms with van der Waals surface area (Å²) in [6, 6.07) is 14.8. The first-order chi connectivity index (χ1) is 18.9. The molecule has 0 amide bonds. The fourth-order valence-corrected chi connectivity index (χ4v) is 4.97. The van der Waals surface area contributed by atoms with Gasteiger partial charge >= 0.3 is 11.9 Å². The first-order valence-corrected chi connectivity index (χ1v) is 14.6. The molecule has 2 aromatic carbocycles. The molecule has 3 rings (SSSR count). The molecular formula is C34H44O5. The minimum atomic E-state index is -1.45. The van der Waals surface area contributed by atoms with Gasteiger partial charge in [-0.1, -0.05) is 113 Å². The number of ether oxygens (including phenoxy) is 2. The second kappa shape index (κ2) is 15.3. The van der Waals surface area contributed by atoms with E-state index in [4.69, 9.17) is 9.47 Å². The molecule has 2 aromatic rings. The molecular weight excluding hydrogens is 488 g/mol. The van der Waals surface area contributed by atoms with Crippen molar-refractivity contribution in [3.05, 3.63) is 89.5 Å². The number of carboxylic acids is 1.